The number of ether oxygens (including phenoxy) is 3. The second-order valence-corrected chi connectivity index (χ2v) is 5.75. The molecular weight excluding hydrogens is 368 g/mol. The maximum atomic E-state index is 12.6. The summed E-state index contributed by atoms with van der Waals surface area (Å²) >= 11 is 0. The molecule has 0 aliphatic carbocycles. The molecule has 2 aromatic rings. The van der Waals surface area contributed by atoms with E-state index >= 15 is 0 Å². The third kappa shape index (κ3) is 3.68. The van der Waals surface area contributed by atoms with Gasteiger partial charge in [0.15, 0.2) is 11.5 Å². The molecule has 3 amide bonds. The summed E-state index contributed by atoms with van der Waals surface area (Å²) in [4.78, 5) is 37.2. The molecule has 1 N–H and O–H groups in total. The van der Waals surface area contributed by atoms with Crippen LogP contribution in [0.25, 0.3) is 6.08 Å². The molecule has 3 rings (SSSR count). The number of esters is 1. The molecule has 1 aromatic heterocycles. The summed E-state index contributed by atoms with van der Waals surface area (Å²) in [6.45, 7) is -0.120. The minimum absolute atomic E-state index is 0.00866. The van der Waals surface area contributed by atoms with Crippen molar-refractivity contribution in [1.29, 1.82) is 0 Å². The van der Waals surface area contributed by atoms with Crippen LogP contribution in [-0.4, -0.2) is 44.1 Å². The van der Waals surface area contributed by atoms with E-state index in [2.05, 4.69) is 10.1 Å². The Morgan fingerprint density at radius 1 is 1.11 bits per heavy atom. The van der Waals surface area contributed by atoms with Crippen molar-refractivity contribution < 1.29 is 33.0 Å². The van der Waals surface area contributed by atoms with Gasteiger partial charge in [-0.05, 0) is 35.9 Å². The van der Waals surface area contributed by atoms with Gasteiger partial charge < -0.3 is 23.9 Å². The van der Waals surface area contributed by atoms with Crippen LogP contribution in [0.3, 0.4) is 0 Å². The highest BCUT2D eigenvalue weighted by atomic mass is 16.5. The van der Waals surface area contributed by atoms with Crippen molar-refractivity contribution in [3.63, 3.8) is 0 Å². The fourth-order valence-corrected chi connectivity index (χ4v) is 2.65. The van der Waals surface area contributed by atoms with Gasteiger partial charge in [-0.3, -0.25) is 9.69 Å². The van der Waals surface area contributed by atoms with Crippen molar-refractivity contribution in [2.45, 2.75) is 6.54 Å². The average Bonchev–Trinajstić information content (AvgIpc) is 3.28. The lowest BCUT2D eigenvalue weighted by Gasteiger charge is -2.09. The number of methoxy groups -OCH3 is 3. The zero-order chi connectivity index (χ0) is 20.3. The number of imide groups is 1. The fraction of sp³-hybridized carbons (Fsp3) is 0.211. The van der Waals surface area contributed by atoms with E-state index in [4.69, 9.17) is 13.9 Å². The number of carbonyl (C=O) groups excluding carboxylic acids is 3. The summed E-state index contributed by atoms with van der Waals surface area (Å²) in [7, 11) is 4.26. The van der Waals surface area contributed by atoms with Gasteiger partial charge in [-0.15, -0.1) is 0 Å². The lowest BCUT2D eigenvalue weighted by Crippen LogP contribution is -2.30. The molecule has 1 fully saturated rings. The number of carbonyl (C=O) groups is 3. The minimum Gasteiger partial charge on any atom is -0.493 e. The molecule has 2 heterocycles. The van der Waals surface area contributed by atoms with Gasteiger partial charge >= 0.3 is 12.0 Å². The third-order valence-corrected chi connectivity index (χ3v) is 4.04. The molecule has 146 valence electrons. The van der Waals surface area contributed by atoms with Gasteiger partial charge in [0.2, 0.25) is 5.76 Å². The van der Waals surface area contributed by atoms with Gasteiger partial charge in [-0.2, -0.15) is 0 Å². The Morgan fingerprint density at radius 2 is 1.86 bits per heavy atom. The van der Waals surface area contributed by atoms with E-state index in [1.54, 1.807) is 18.2 Å². The Morgan fingerprint density at radius 3 is 2.54 bits per heavy atom. The van der Waals surface area contributed by atoms with Gasteiger partial charge in [0.1, 0.15) is 11.5 Å². The van der Waals surface area contributed by atoms with E-state index in [0.717, 1.165) is 4.90 Å². The van der Waals surface area contributed by atoms with Crippen LogP contribution >= 0.6 is 0 Å². The molecule has 1 saturated heterocycles. The molecule has 0 unspecified atom stereocenters. The molecule has 1 aromatic carbocycles. The first kappa shape index (κ1) is 19.0. The summed E-state index contributed by atoms with van der Waals surface area (Å²) in [5.41, 5.74) is 0.756. The van der Waals surface area contributed by atoms with Gasteiger partial charge in [0.25, 0.3) is 5.91 Å². The average molecular weight is 386 g/mol. The first-order valence-electron chi connectivity index (χ1n) is 8.20. The van der Waals surface area contributed by atoms with Crippen molar-refractivity contribution in [1.82, 2.24) is 10.2 Å². The molecule has 0 saturated carbocycles. The summed E-state index contributed by atoms with van der Waals surface area (Å²) < 4.78 is 20.3. The Bertz CT molecular complexity index is 961. The molecule has 9 nitrogen and oxygen atoms in total. The monoisotopic (exact) mass is 386 g/mol. The van der Waals surface area contributed by atoms with E-state index < -0.39 is 17.9 Å². The first-order chi connectivity index (χ1) is 13.5. The van der Waals surface area contributed by atoms with Crippen LogP contribution in [-0.2, 0) is 16.1 Å². The fourth-order valence-electron chi connectivity index (χ4n) is 2.65. The highest BCUT2D eigenvalue weighted by Gasteiger charge is 2.34. The lowest BCUT2D eigenvalue weighted by atomic mass is 10.1. The van der Waals surface area contributed by atoms with E-state index in [1.165, 1.54) is 39.5 Å². The summed E-state index contributed by atoms with van der Waals surface area (Å²) in [5.74, 6) is 0.152. The molecule has 0 radical (unpaired) electrons. The Kier molecular flexibility index (Phi) is 5.35. The van der Waals surface area contributed by atoms with Crippen LogP contribution in [0, 0.1) is 0 Å². The number of nitrogens with zero attached hydrogens (tertiary/aromatic N) is 1. The van der Waals surface area contributed by atoms with Crippen LogP contribution in [0.1, 0.15) is 21.9 Å². The molecular formula is C19H18N2O7. The highest BCUT2D eigenvalue weighted by Crippen LogP contribution is 2.29. The van der Waals surface area contributed by atoms with Crippen molar-refractivity contribution >= 4 is 24.0 Å². The zero-order valence-corrected chi connectivity index (χ0v) is 15.5. The summed E-state index contributed by atoms with van der Waals surface area (Å²) in [6, 6.07) is 7.44. The van der Waals surface area contributed by atoms with Crippen LogP contribution < -0.4 is 14.8 Å². The van der Waals surface area contributed by atoms with E-state index in [0.29, 0.717) is 17.1 Å². The molecule has 0 bridgehead atoms. The number of benzene rings is 1. The lowest BCUT2D eigenvalue weighted by molar-refractivity contribution is -0.123. The van der Waals surface area contributed by atoms with Crippen LogP contribution in [0.4, 0.5) is 4.79 Å². The topological polar surface area (TPSA) is 107 Å². The van der Waals surface area contributed by atoms with Crippen LogP contribution in [0.5, 0.6) is 11.5 Å². The predicted molar refractivity (Wildman–Crippen MR) is 96.7 cm³/mol. The number of hydrogen-bond acceptors (Lipinski definition) is 7. The number of amides is 3. The number of furan rings is 1. The smallest absolute Gasteiger partial charge is 0.373 e. The summed E-state index contributed by atoms with van der Waals surface area (Å²) in [5, 5.41) is 2.52. The molecule has 0 atom stereocenters. The summed E-state index contributed by atoms with van der Waals surface area (Å²) in [6.07, 6.45) is 1.53. The van der Waals surface area contributed by atoms with Crippen molar-refractivity contribution in [3.05, 3.63) is 53.1 Å². The second-order valence-electron chi connectivity index (χ2n) is 5.75. The first-order valence-corrected chi connectivity index (χ1v) is 8.20. The molecule has 9 heteroatoms. The minimum atomic E-state index is -0.641. The van der Waals surface area contributed by atoms with Gasteiger partial charge in [-0.25, -0.2) is 9.59 Å². The van der Waals surface area contributed by atoms with Gasteiger partial charge in [0.05, 0.1) is 27.9 Å². The van der Waals surface area contributed by atoms with Crippen LogP contribution in [0.15, 0.2) is 40.4 Å². The number of rotatable bonds is 6. The SMILES string of the molecule is COC(=O)c1ccc(CN2C(=O)NC(=Cc3ccc(OC)c(OC)c3)C2=O)o1. The maximum Gasteiger partial charge on any atom is 0.373 e. The van der Waals surface area contributed by atoms with Crippen molar-refractivity contribution in [3.8, 4) is 11.5 Å². The largest absolute Gasteiger partial charge is 0.493 e. The third-order valence-electron chi connectivity index (χ3n) is 4.04. The van der Waals surface area contributed by atoms with E-state index in [1.807, 2.05) is 0 Å². The second kappa shape index (κ2) is 7.87. The maximum absolute atomic E-state index is 12.6. The zero-order valence-electron chi connectivity index (χ0n) is 15.5. The molecule has 1 aliphatic rings. The van der Waals surface area contributed by atoms with E-state index in [9.17, 15) is 14.4 Å². The van der Waals surface area contributed by atoms with Gasteiger partial charge in [0, 0.05) is 0 Å². The normalized spacial score (nSPS) is 15.0. The highest BCUT2D eigenvalue weighted by molar-refractivity contribution is 6.13. The van der Waals surface area contributed by atoms with Crippen molar-refractivity contribution in [2.24, 2.45) is 0 Å². The number of nitrogens with one attached hydrogen (secondary N) is 1. The molecule has 1 aliphatic heterocycles. The van der Waals surface area contributed by atoms with Gasteiger partial charge in [-0.1, -0.05) is 6.07 Å². The standard InChI is InChI=1S/C19H18N2O7/c1-25-14-6-4-11(9-16(14)26-2)8-13-17(22)21(19(24)20-13)10-12-5-7-15(28-12)18(23)27-3/h4-9H,10H2,1-3H3,(H,20,24). The number of hydrogen-bond donors (Lipinski definition) is 1. The molecule has 28 heavy (non-hydrogen) atoms. The predicted octanol–water partition coefficient (Wildman–Crippen LogP) is 2.18. The quantitative estimate of drug-likeness (QED) is 0.461. The Labute approximate surface area is 160 Å². The molecule has 0 spiro atoms. The Hall–Kier alpha value is -3.75. The van der Waals surface area contributed by atoms with E-state index in [-0.39, 0.29) is 23.8 Å². The Balaban J connectivity index is 1.79. The van der Waals surface area contributed by atoms with Crippen LogP contribution in [0.2, 0.25) is 0 Å². The van der Waals surface area contributed by atoms with Crippen molar-refractivity contribution in [2.75, 3.05) is 21.3 Å². The number of urea groups is 1.